The van der Waals surface area contributed by atoms with Crippen LogP contribution in [-0.4, -0.2) is 0 Å². The maximum absolute atomic E-state index is 6.72. The van der Waals surface area contributed by atoms with E-state index in [1.54, 1.807) is 0 Å². The van der Waals surface area contributed by atoms with Crippen molar-refractivity contribution in [2.75, 3.05) is 4.90 Å². The molecule has 1 spiro atoms. The highest BCUT2D eigenvalue weighted by molar-refractivity contribution is 6.13. The fourth-order valence-electron chi connectivity index (χ4n) is 10.5. The molecule has 0 N–H and O–H groups in total. The number of benzene rings is 10. The average molecular weight is 792 g/mol. The molecule has 0 saturated heterocycles. The molecule has 0 radical (unpaired) electrons. The predicted octanol–water partition coefficient (Wildman–Crippen LogP) is 16.0. The molecule has 13 rings (SSSR count). The number of ether oxygens (including phenoxy) is 1. The molecule has 290 valence electrons. The van der Waals surface area contributed by atoms with E-state index in [1.807, 2.05) is 12.1 Å². The molecule has 0 amide bonds. The summed E-state index contributed by atoms with van der Waals surface area (Å²) in [7, 11) is 0. The van der Waals surface area contributed by atoms with Crippen LogP contribution in [0.3, 0.4) is 0 Å². The lowest BCUT2D eigenvalue weighted by atomic mass is 9.66. The SMILES string of the molecule is c1ccc(-c2ccc(N(c3ccc(-c4cccc5oc6ccccc6c45)cc3)c3cccc4c3-c3c(ccc5ccccc35)C43c4ccccc4Oc4ccccc43)cc2)cc1. The van der Waals surface area contributed by atoms with Gasteiger partial charge in [0.2, 0.25) is 0 Å². The molecule has 0 bridgehead atoms. The Balaban J connectivity index is 1.08. The van der Waals surface area contributed by atoms with Crippen molar-refractivity contribution in [1.82, 2.24) is 0 Å². The van der Waals surface area contributed by atoms with E-state index in [0.29, 0.717) is 0 Å². The van der Waals surface area contributed by atoms with E-state index in [0.717, 1.165) is 72.8 Å². The molecule has 1 aliphatic carbocycles. The molecule has 2 aliphatic rings. The van der Waals surface area contributed by atoms with Crippen LogP contribution in [0.5, 0.6) is 11.5 Å². The van der Waals surface area contributed by atoms with Crippen molar-refractivity contribution in [3.05, 3.63) is 247 Å². The third kappa shape index (κ3) is 4.94. The molecule has 2 heterocycles. The highest BCUT2D eigenvalue weighted by Gasteiger charge is 2.52. The Morgan fingerprint density at radius 2 is 0.919 bits per heavy atom. The Bertz CT molecular complexity index is 3500. The fourth-order valence-corrected chi connectivity index (χ4v) is 10.5. The standard InChI is InChI=1S/C59H37NO2/c1-2-14-38(15-3-1)39-28-33-42(34-29-39)60(43-35-30-41(31-36-43)44-19-12-27-55-56(44)46-18-6-9-24-52(46)61-55)51-23-13-22-49-58(51)57-45-17-5-4-16-40(45)32-37-50(57)59(49)47-20-7-10-25-53(47)62-54-26-11-8-21-48(54)59/h1-37H. The minimum atomic E-state index is -0.616. The van der Waals surface area contributed by atoms with Crippen molar-refractivity contribution >= 4 is 49.8 Å². The predicted molar refractivity (Wildman–Crippen MR) is 254 cm³/mol. The summed E-state index contributed by atoms with van der Waals surface area (Å²) in [4.78, 5) is 2.45. The minimum Gasteiger partial charge on any atom is -0.457 e. The second kappa shape index (κ2) is 13.4. The zero-order valence-corrected chi connectivity index (χ0v) is 33.6. The van der Waals surface area contributed by atoms with Crippen molar-refractivity contribution in [3.63, 3.8) is 0 Å². The monoisotopic (exact) mass is 791 g/mol. The van der Waals surface area contributed by atoms with E-state index in [9.17, 15) is 0 Å². The molecule has 0 fully saturated rings. The van der Waals surface area contributed by atoms with Gasteiger partial charge in [0, 0.05) is 38.8 Å². The topological polar surface area (TPSA) is 25.6 Å². The van der Waals surface area contributed by atoms with E-state index in [2.05, 4.69) is 217 Å². The number of hydrogen-bond donors (Lipinski definition) is 0. The second-order valence-electron chi connectivity index (χ2n) is 16.3. The van der Waals surface area contributed by atoms with Crippen LogP contribution in [-0.2, 0) is 5.41 Å². The second-order valence-corrected chi connectivity index (χ2v) is 16.3. The highest BCUT2D eigenvalue weighted by Crippen LogP contribution is 2.65. The molecule has 1 aromatic heterocycles. The molecule has 11 aromatic rings. The number of nitrogens with zero attached hydrogens (tertiary/aromatic N) is 1. The Morgan fingerprint density at radius 1 is 0.355 bits per heavy atom. The van der Waals surface area contributed by atoms with Gasteiger partial charge in [-0.3, -0.25) is 0 Å². The third-order valence-electron chi connectivity index (χ3n) is 13.1. The quantitative estimate of drug-likeness (QED) is 0.174. The number of furan rings is 1. The number of anilines is 3. The van der Waals surface area contributed by atoms with E-state index >= 15 is 0 Å². The van der Waals surface area contributed by atoms with Crippen LogP contribution in [0.4, 0.5) is 17.1 Å². The third-order valence-corrected chi connectivity index (χ3v) is 13.1. The Hall–Kier alpha value is -8.14. The van der Waals surface area contributed by atoms with E-state index in [1.165, 1.54) is 44.2 Å². The van der Waals surface area contributed by atoms with Gasteiger partial charge in [0.1, 0.15) is 22.7 Å². The molecule has 0 saturated carbocycles. The fraction of sp³-hybridized carbons (Fsp3) is 0.0169. The first kappa shape index (κ1) is 34.7. The maximum Gasteiger partial charge on any atom is 0.136 e. The van der Waals surface area contributed by atoms with Gasteiger partial charge in [-0.05, 0) is 104 Å². The summed E-state index contributed by atoms with van der Waals surface area (Å²) in [6.07, 6.45) is 0. The van der Waals surface area contributed by atoms with Crippen LogP contribution < -0.4 is 9.64 Å². The van der Waals surface area contributed by atoms with Gasteiger partial charge in [0.25, 0.3) is 0 Å². The normalized spacial score (nSPS) is 13.1. The van der Waals surface area contributed by atoms with Crippen LogP contribution in [0.25, 0.3) is 66.1 Å². The minimum absolute atomic E-state index is 0.616. The smallest absolute Gasteiger partial charge is 0.136 e. The van der Waals surface area contributed by atoms with Gasteiger partial charge in [-0.25, -0.2) is 0 Å². The van der Waals surface area contributed by atoms with E-state index in [-0.39, 0.29) is 0 Å². The van der Waals surface area contributed by atoms with Gasteiger partial charge in [0.15, 0.2) is 0 Å². The van der Waals surface area contributed by atoms with Crippen LogP contribution in [0.2, 0.25) is 0 Å². The Kier molecular flexibility index (Phi) is 7.52. The van der Waals surface area contributed by atoms with Crippen molar-refractivity contribution in [2.24, 2.45) is 0 Å². The number of fused-ring (bicyclic) bond motifs is 14. The van der Waals surface area contributed by atoms with Gasteiger partial charge in [-0.2, -0.15) is 0 Å². The average Bonchev–Trinajstić information content (AvgIpc) is 3.87. The molecule has 3 heteroatoms. The molecule has 3 nitrogen and oxygen atoms in total. The summed E-state index contributed by atoms with van der Waals surface area (Å²) in [5.74, 6) is 1.76. The summed E-state index contributed by atoms with van der Waals surface area (Å²) in [6.45, 7) is 0. The van der Waals surface area contributed by atoms with Crippen molar-refractivity contribution < 1.29 is 9.15 Å². The zero-order valence-electron chi connectivity index (χ0n) is 33.6. The molecule has 62 heavy (non-hydrogen) atoms. The summed E-state index contributed by atoms with van der Waals surface area (Å²) < 4.78 is 13.0. The van der Waals surface area contributed by atoms with Crippen LogP contribution >= 0.6 is 0 Å². The molecule has 1 aliphatic heterocycles. The first-order chi connectivity index (χ1) is 30.8. The number of para-hydroxylation sites is 3. The molecule has 0 atom stereocenters. The lowest BCUT2D eigenvalue weighted by Crippen LogP contribution is -2.32. The lowest BCUT2D eigenvalue weighted by molar-refractivity contribution is 0.436. The molecular weight excluding hydrogens is 755 g/mol. The van der Waals surface area contributed by atoms with Crippen molar-refractivity contribution in [1.29, 1.82) is 0 Å². The highest BCUT2D eigenvalue weighted by atomic mass is 16.5. The van der Waals surface area contributed by atoms with Crippen molar-refractivity contribution in [2.45, 2.75) is 5.41 Å². The van der Waals surface area contributed by atoms with Crippen LogP contribution in [0, 0.1) is 0 Å². The summed E-state index contributed by atoms with van der Waals surface area (Å²) in [5.41, 5.74) is 16.3. The molecule has 10 aromatic carbocycles. The Morgan fingerprint density at radius 3 is 1.68 bits per heavy atom. The maximum atomic E-state index is 6.72. The zero-order chi connectivity index (χ0) is 40.8. The largest absolute Gasteiger partial charge is 0.457 e. The van der Waals surface area contributed by atoms with Crippen molar-refractivity contribution in [3.8, 4) is 44.9 Å². The van der Waals surface area contributed by atoms with Gasteiger partial charge in [0.05, 0.1) is 11.1 Å². The van der Waals surface area contributed by atoms with Gasteiger partial charge < -0.3 is 14.1 Å². The van der Waals surface area contributed by atoms with E-state index in [4.69, 9.17) is 9.15 Å². The summed E-state index contributed by atoms with van der Waals surface area (Å²) >= 11 is 0. The first-order valence-electron chi connectivity index (χ1n) is 21.2. The van der Waals surface area contributed by atoms with Gasteiger partial charge >= 0.3 is 0 Å². The lowest BCUT2D eigenvalue weighted by Gasteiger charge is -2.39. The summed E-state index contributed by atoms with van der Waals surface area (Å²) in [6, 6.07) is 81.0. The number of rotatable bonds is 5. The summed E-state index contributed by atoms with van der Waals surface area (Å²) in [5, 5.41) is 4.70. The molecular formula is C59H37NO2. The molecule has 0 unspecified atom stereocenters. The van der Waals surface area contributed by atoms with Crippen LogP contribution in [0.15, 0.2) is 229 Å². The first-order valence-corrected chi connectivity index (χ1v) is 21.2. The van der Waals surface area contributed by atoms with Gasteiger partial charge in [-0.1, -0.05) is 170 Å². The van der Waals surface area contributed by atoms with Crippen LogP contribution in [0.1, 0.15) is 22.3 Å². The van der Waals surface area contributed by atoms with Gasteiger partial charge in [-0.15, -0.1) is 0 Å². The Labute approximate surface area is 359 Å². The van der Waals surface area contributed by atoms with E-state index < -0.39 is 5.41 Å². The number of hydrogen-bond acceptors (Lipinski definition) is 3.